The molecule has 0 amide bonds. The van der Waals surface area contributed by atoms with E-state index in [1.165, 1.54) is 0 Å². The average molecular weight is 272 g/mol. The molecule has 0 bridgehead atoms. The quantitative estimate of drug-likeness (QED) is 0.473. The maximum Gasteiger partial charge on any atom is 1.00 e. The molecule has 0 fully saturated rings. The largest absolute Gasteiger partial charge is 1.00 e. The van der Waals surface area contributed by atoms with Crippen molar-refractivity contribution in [2.24, 2.45) is 0 Å². The van der Waals surface area contributed by atoms with Crippen LogP contribution in [0.4, 0.5) is 13.2 Å². The van der Waals surface area contributed by atoms with E-state index in [2.05, 4.69) is 6.58 Å². The standard InChI is InChI=1S/C4H3F3O2.Cs/c1-2(3(8)9)4(5,6)7;/h1H2,(H,8,9);/q;+1/p-1. The SMILES string of the molecule is C=C(C(=O)[O-])C(F)(F)F.[Cs+]. The molecule has 0 saturated carbocycles. The summed E-state index contributed by atoms with van der Waals surface area (Å²) in [7, 11) is 0. The summed E-state index contributed by atoms with van der Waals surface area (Å²) >= 11 is 0. The Kier molecular flexibility index (Phi) is 6.59. The normalized spacial score (nSPS) is 9.90. The van der Waals surface area contributed by atoms with E-state index in [1.54, 1.807) is 0 Å². The van der Waals surface area contributed by atoms with Crippen molar-refractivity contribution >= 4 is 5.97 Å². The van der Waals surface area contributed by atoms with Crippen LogP contribution < -0.4 is 74.0 Å². The summed E-state index contributed by atoms with van der Waals surface area (Å²) < 4.78 is 33.5. The van der Waals surface area contributed by atoms with Gasteiger partial charge in [-0.05, 0) is 0 Å². The molecule has 0 atom stereocenters. The Balaban J connectivity index is 0. The van der Waals surface area contributed by atoms with E-state index in [1.807, 2.05) is 0 Å². The molecule has 0 N–H and O–H groups in total. The number of rotatable bonds is 1. The Bertz CT molecular complexity index is 151. The average Bonchev–Trinajstić information content (AvgIpc) is 1.62. The monoisotopic (exact) mass is 272 g/mol. The summed E-state index contributed by atoms with van der Waals surface area (Å²) in [6, 6.07) is 0. The van der Waals surface area contributed by atoms with Gasteiger partial charge < -0.3 is 9.90 Å². The van der Waals surface area contributed by atoms with Crippen molar-refractivity contribution in [2.75, 3.05) is 0 Å². The fourth-order valence-corrected chi connectivity index (χ4v) is 0.116. The molecule has 0 unspecified atom stereocenters. The van der Waals surface area contributed by atoms with Crippen molar-refractivity contribution < 1.29 is 92.0 Å². The Hall–Kier alpha value is 1.05. The Morgan fingerprint density at radius 3 is 1.70 bits per heavy atom. The van der Waals surface area contributed by atoms with Crippen molar-refractivity contribution in [3.8, 4) is 0 Å². The minimum atomic E-state index is -4.88. The smallest absolute Gasteiger partial charge is 0.545 e. The zero-order valence-corrected chi connectivity index (χ0v) is 11.4. The van der Waals surface area contributed by atoms with Crippen LogP contribution in [-0.2, 0) is 4.79 Å². The number of carboxylic acids is 1. The molecule has 0 heterocycles. The summed E-state index contributed by atoms with van der Waals surface area (Å²) in [5.74, 6) is -2.29. The van der Waals surface area contributed by atoms with Crippen molar-refractivity contribution in [1.82, 2.24) is 0 Å². The summed E-state index contributed by atoms with van der Waals surface area (Å²) in [6.07, 6.45) is -4.88. The van der Waals surface area contributed by atoms with Crippen LogP contribution in [0.5, 0.6) is 0 Å². The van der Waals surface area contributed by atoms with Gasteiger partial charge in [0.2, 0.25) is 0 Å². The molecule has 0 saturated heterocycles. The van der Waals surface area contributed by atoms with Gasteiger partial charge in [0.15, 0.2) is 0 Å². The van der Waals surface area contributed by atoms with Crippen molar-refractivity contribution in [2.45, 2.75) is 6.18 Å². The number of alkyl halides is 3. The van der Waals surface area contributed by atoms with Crippen LogP contribution in [0.1, 0.15) is 0 Å². The molecule has 52 valence electrons. The number of carbonyl (C=O) groups excluding carboxylic acids is 1. The summed E-state index contributed by atoms with van der Waals surface area (Å²) in [5, 5.41) is 9.42. The zero-order chi connectivity index (χ0) is 7.65. The summed E-state index contributed by atoms with van der Waals surface area (Å²) in [6.45, 7) is 2.24. The minimum absolute atomic E-state index is 0. The van der Waals surface area contributed by atoms with Crippen LogP contribution in [0, 0.1) is 0 Å². The predicted molar refractivity (Wildman–Crippen MR) is 20.2 cm³/mol. The van der Waals surface area contributed by atoms with Crippen LogP contribution in [0.15, 0.2) is 12.2 Å². The minimum Gasteiger partial charge on any atom is -0.545 e. The summed E-state index contributed by atoms with van der Waals surface area (Å²) in [4.78, 5) is 9.42. The van der Waals surface area contributed by atoms with Crippen LogP contribution in [0.2, 0.25) is 0 Å². The van der Waals surface area contributed by atoms with Gasteiger partial charge in [0.05, 0.1) is 11.5 Å². The van der Waals surface area contributed by atoms with Gasteiger partial charge in [0.25, 0.3) is 0 Å². The topological polar surface area (TPSA) is 40.1 Å². The van der Waals surface area contributed by atoms with Gasteiger partial charge in [-0.1, -0.05) is 6.58 Å². The number of hydrogen-bond acceptors (Lipinski definition) is 2. The molecule has 0 aromatic carbocycles. The first kappa shape index (κ1) is 13.6. The van der Waals surface area contributed by atoms with Crippen molar-refractivity contribution in [3.63, 3.8) is 0 Å². The van der Waals surface area contributed by atoms with E-state index in [0.29, 0.717) is 0 Å². The molecular formula is C4H2CsF3O2. The molecule has 2 nitrogen and oxygen atoms in total. The number of carbonyl (C=O) groups is 1. The molecule has 0 rings (SSSR count). The van der Waals surface area contributed by atoms with Gasteiger partial charge in [0.1, 0.15) is 0 Å². The van der Waals surface area contributed by atoms with E-state index < -0.39 is 17.7 Å². The van der Waals surface area contributed by atoms with E-state index in [4.69, 9.17) is 0 Å². The maximum atomic E-state index is 11.2. The maximum absolute atomic E-state index is 11.2. The third-order valence-corrected chi connectivity index (χ3v) is 0.589. The Labute approximate surface area is 114 Å². The fourth-order valence-electron chi connectivity index (χ4n) is 0.116. The molecule has 6 heteroatoms. The second kappa shape index (κ2) is 4.83. The van der Waals surface area contributed by atoms with Gasteiger partial charge in [-0.3, -0.25) is 0 Å². The molecule has 0 aliphatic rings. The molecule has 0 aromatic rings. The van der Waals surface area contributed by atoms with E-state index in [9.17, 15) is 23.1 Å². The first-order chi connectivity index (χ1) is 3.85. The van der Waals surface area contributed by atoms with Gasteiger partial charge >= 0.3 is 75.1 Å². The molecule has 0 aliphatic carbocycles. The van der Waals surface area contributed by atoms with Crippen LogP contribution >= 0.6 is 0 Å². The Morgan fingerprint density at radius 1 is 1.40 bits per heavy atom. The third kappa shape index (κ3) is 4.80. The molecule has 0 spiro atoms. The molecule has 0 radical (unpaired) electrons. The van der Waals surface area contributed by atoms with Gasteiger partial charge in [-0.15, -0.1) is 0 Å². The van der Waals surface area contributed by atoms with Gasteiger partial charge in [-0.2, -0.15) is 13.2 Å². The third-order valence-electron chi connectivity index (χ3n) is 0.589. The van der Waals surface area contributed by atoms with Gasteiger partial charge in [0, 0.05) is 0 Å². The molecule has 0 aliphatic heterocycles. The van der Waals surface area contributed by atoms with E-state index in [0.717, 1.165) is 0 Å². The first-order valence-electron chi connectivity index (χ1n) is 1.83. The summed E-state index contributed by atoms with van der Waals surface area (Å²) in [5.41, 5.74) is -1.86. The zero-order valence-electron chi connectivity index (χ0n) is 5.16. The first-order valence-corrected chi connectivity index (χ1v) is 1.83. The number of hydrogen-bond donors (Lipinski definition) is 0. The van der Waals surface area contributed by atoms with Crippen LogP contribution in [0.25, 0.3) is 0 Å². The van der Waals surface area contributed by atoms with Crippen LogP contribution in [-0.4, -0.2) is 12.1 Å². The fraction of sp³-hybridized carbons (Fsp3) is 0.250. The second-order valence-electron chi connectivity index (χ2n) is 1.26. The van der Waals surface area contributed by atoms with Crippen molar-refractivity contribution in [1.29, 1.82) is 0 Å². The molecule has 0 aromatic heterocycles. The predicted octanol–water partition coefficient (Wildman–Crippen LogP) is -3.14. The number of aliphatic carboxylic acids is 1. The number of halogens is 3. The van der Waals surface area contributed by atoms with Gasteiger partial charge in [-0.25, -0.2) is 0 Å². The Morgan fingerprint density at radius 2 is 1.70 bits per heavy atom. The van der Waals surface area contributed by atoms with E-state index in [-0.39, 0.29) is 68.9 Å². The molecule has 10 heavy (non-hydrogen) atoms. The molecular weight excluding hydrogens is 270 g/mol. The van der Waals surface area contributed by atoms with Crippen LogP contribution in [0.3, 0.4) is 0 Å². The van der Waals surface area contributed by atoms with Crippen molar-refractivity contribution in [3.05, 3.63) is 12.2 Å². The second-order valence-corrected chi connectivity index (χ2v) is 1.26. The van der Waals surface area contributed by atoms with E-state index >= 15 is 0 Å². The number of carboxylic acid groups (broad SMARTS) is 1.